The lowest BCUT2D eigenvalue weighted by atomic mass is 10.1. The molecule has 36 heavy (non-hydrogen) atoms. The number of hydrogen-bond donors (Lipinski definition) is 1. The van der Waals surface area contributed by atoms with Crippen LogP contribution in [0.25, 0.3) is 10.9 Å². The highest BCUT2D eigenvalue weighted by Gasteiger charge is 2.60. The third-order valence-electron chi connectivity index (χ3n) is 6.75. The largest absolute Gasteiger partial charge is 0.494 e. The number of ether oxygens (including phenoxy) is 2. The standard InChI is InChI=1S/C24H25FN4O6S/c1-29-20-15(12-27-28-22(20)35-13-24(7-8-24)36(32,33)16-4-5-16)10-17(23(29)31)21(30)26-11-14-3-6-19(34-2)18(25)9-14/h3,6,9-10,12,16H,4-5,7-8,11,13H2,1-2H3,(H,26,30). The second-order valence-electron chi connectivity index (χ2n) is 9.24. The van der Waals surface area contributed by atoms with Gasteiger partial charge in [-0.05, 0) is 49.4 Å². The van der Waals surface area contributed by atoms with Gasteiger partial charge in [0.15, 0.2) is 21.4 Å². The fourth-order valence-electron chi connectivity index (χ4n) is 4.26. The molecule has 2 aromatic heterocycles. The number of pyridine rings is 1. The van der Waals surface area contributed by atoms with Gasteiger partial charge in [-0.2, -0.15) is 5.10 Å². The predicted octanol–water partition coefficient (Wildman–Crippen LogP) is 1.89. The maximum atomic E-state index is 13.9. The first-order valence-corrected chi connectivity index (χ1v) is 13.0. The molecule has 2 heterocycles. The minimum Gasteiger partial charge on any atom is -0.494 e. The molecule has 0 radical (unpaired) electrons. The molecular weight excluding hydrogens is 491 g/mol. The Morgan fingerprint density at radius 2 is 2.03 bits per heavy atom. The molecule has 0 aliphatic heterocycles. The van der Waals surface area contributed by atoms with Crippen molar-refractivity contribution >= 4 is 26.6 Å². The van der Waals surface area contributed by atoms with Gasteiger partial charge < -0.3 is 19.4 Å². The van der Waals surface area contributed by atoms with Crippen molar-refractivity contribution in [2.75, 3.05) is 13.7 Å². The number of aryl methyl sites for hydroxylation is 1. The first-order valence-electron chi connectivity index (χ1n) is 11.5. The van der Waals surface area contributed by atoms with E-state index >= 15 is 0 Å². The Labute approximate surface area is 206 Å². The number of rotatable bonds is 9. The number of benzene rings is 1. The summed E-state index contributed by atoms with van der Waals surface area (Å²) >= 11 is 0. The van der Waals surface area contributed by atoms with E-state index in [9.17, 15) is 22.4 Å². The van der Waals surface area contributed by atoms with Gasteiger partial charge in [-0.15, -0.1) is 5.10 Å². The lowest BCUT2D eigenvalue weighted by Crippen LogP contribution is -2.34. The van der Waals surface area contributed by atoms with Crippen LogP contribution in [0.2, 0.25) is 0 Å². The van der Waals surface area contributed by atoms with Crippen molar-refractivity contribution in [2.24, 2.45) is 7.05 Å². The third-order valence-corrected chi connectivity index (χ3v) is 9.83. The van der Waals surface area contributed by atoms with Crippen LogP contribution in [-0.4, -0.2) is 52.8 Å². The molecular formula is C24H25FN4O6S. The molecule has 2 fully saturated rings. The second-order valence-corrected chi connectivity index (χ2v) is 11.9. The highest BCUT2D eigenvalue weighted by atomic mass is 32.2. The van der Waals surface area contributed by atoms with E-state index in [1.54, 1.807) is 6.07 Å². The minimum atomic E-state index is -3.27. The number of aromatic nitrogens is 3. The molecule has 0 saturated heterocycles. The van der Waals surface area contributed by atoms with Crippen molar-refractivity contribution in [3.8, 4) is 11.6 Å². The van der Waals surface area contributed by atoms with Crippen LogP contribution in [-0.2, 0) is 23.4 Å². The quantitative estimate of drug-likeness (QED) is 0.457. The third kappa shape index (κ3) is 4.19. The summed E-state index contributed by atoms with van der Waals surface area (Å²) in [4.78, 5) is 25.8. The Kier molecular flexibility index (Phi) is 5.93. The SMILES string of the molecule is COc1ccc(CNC(=O)c2cc3cnnc(OCC4(S(=O)(=O)C5CC5)CC4)c3n(C)c2=O)cc1F. The Morgan fingerprint density at radius 3 is 2.67 bits per heavy atom. The number of carbonyl (C=O) groups is 1. The van der Waals surface area contributed by atoms with E-state index in [0.717, 1.165) is 0 Å². The lowest BCUT2D eigenvalue weighted by Gasteiger charge is -2.17. The van der Waals surface area contributed by atoms with Crippen LogP contribution < -0.4 is 20.3 Å². The summed E-state index contributed by atoms with van der Waals surface area (Å²) in [5, 5.41) is 10.6. The fourth-order valence-corrected chi connectivity index (χ4v) is 6.62. The number of methoxy groups -OCH3 is 1. The van der Waals surface area contributed by atoms with Crippen molar-refractivity contribution in [1.82, 2.24) is 20.1 Å². The molecule has 5 rings (SSSR count). The number of amides is 1. The Balaban J connectivity index is 1.37. The smallest absolute Gasteiger partial charge is 0.263 e. The highest BCUT2D eigenvalue weighted by molar-refractivity contribution is 7.94. The zero-order valence-corrected chi connectivity index (χ0v) is 20.6. The maximum Gasteiger partial charge on any atom is 0.263 e. The van der Waals surface area contributed by atoms with Crippen molar-refractivity contribution in [2.45, 2.75) is 42.2 Å². The molecule has 2 aliphatic carbocycles. The Morgan fingerprint density at radius 1 is 1.28 bits per heavy atom. The number of sulfone groups is 1. The predicted molar refractivity (Wildman–Crippen MR) is 128 cm³/mol. The van der Waals surface area contributed by atoms with E-state index in [1.165, 1.54) is 43.1 Å². The summed E-state index contributed by atoms with van der Waals surface area (Å²) in [5.41, 5.74) is 0.0813. The van der Waals surface area contributed by atoms with Gasteiger partial charge in [-0.25, -0.2) is 12.8 Å². The monoisotopic (exact) mass is 516 g/mol. The van der Waals surface area contributed by atoms with E-state index in [-0.39, 0.29) is 35.6 Å². The van der Waals surface area contributed by atoms with E-state index in [1.807, 2.05) is 0 Å². The van der Waals surface area contributed by atoms with Crippen LogP contribution in [0.1, 0.15) is 41.6 Å². The van der Waals surface area contributed by atoms with Crippen molar-refractivity contribution in [3.05, 3.63) is 57.8 Å². The number of nitrogens with one attached hydrogen (secondary N) is 1. The molecule has 0 bridgehead atoms. The normalized spacial score (nSPS) is 16.5. The number of hydrogen-bond acceptors (Lipinski definition) is 8. The first-order chi connectivity index (χ1) is 17.2. The highest BCUT2D eigenvalue weighted by Crippen LogP contribution is 2.50. The van der Waals surface area contributed by atoms with Crippen molar-refractivity contribution in [1.29, 1.82) is 0 Å². The first kappa shape index (κ1) is 24.2. The van der Waals surface area contributed by atoms with E-state index in [2.05, 4.69) is 15.5 Å². The van der Waals surface area contributed by atoms with Crippen molar-refractivity contribution in [3.63, 3.8) is 0 Å². The Bertz CT molecular complexity index is 1530. The molecule has 0 unspecified atom stereocenters. The van der Waals surface area contributed by atoms with Gasteiger partial charge in [-0.1, -0.05) is 6.07 Å². The number of halogens is 1. The second kappa shape index (κ2) is 8.84. The van der Waals surface area contributed by atoms with E-state index in [0.29, 0.717) is 42.1 Å². The zero-order valence-electron chi connectivity index (χ0n) is 19.8. The molecule has 0 atom stereocenters. The summed E-state index contributed by atoms with van der Waals surface area (Å²) in [6.45, 7) is -0.0596. The molecule has 2 saturated carbocycles. The van der Waals surface area contributed by atoms with Crippen LogP contribution in [0.3, 0.4) is 0 Å². The van der Waals surface area contributed by atoms with Gasteiger partial charge in [-0.3, -0.25) is 9.59 Å². The van der Waals surface area contributed by atoms with Crippen LogP contribution in [0, 0.1) is 5.82 Å². The molecule has 1 aromatic carbocycles. The zero-order chi connectivity index (χ0) is 25.7. The average molecular weight is 517 g/mol. The van der Waals surface area contributed by atoms with Gasteiger partial charge in [0.1, 0.15) is 22.4 Å². The number of nitrogens with zero attached hydrogens (tertiary/aromatic N) is 3. The summed E-state index contributed by atoms with van der Waals surface area (Å²) in [7, 11) is -0.443. The average Bonchev–Trinajstić information content (AvgIpc) is 3.77. The number of carbonyl (C=O) groups excluding carboxylic acids is 1. The number of fused-ring (bicyclic) bond motifs is 1. The molecule has 2 aliphatic rings. The summed E-state index contributed by atoms with van der Waals surface area (Å²) < 4.78 is 50.5. The van der Waals surface area contributed by atoms with Crippen LogP contribution >= 0.6 is 0 Å². The van der Waals surface area contributed by atoms with Crippen LogP contribution in [0.15, 0.2) is 35.3 Å². The topological polar surface area (TPSA) is 129 Å². The molecule has 12 heteroatoms. The fraction of sp³-hybridized carbons (Fsp3) is 0.417. The summed E-state index contributed by atoms with van der Waals surface area (Å²) in [5.74, 6) is -1.08. The maximum absolute atomic E-state index is 13.9. The van der Waals surface area contributed by atoms with Gasteiger partial charge in [0.05, 0.1) is 18.6 Å². The van der Waals surface area contributed by atoms with E-state index in [4.69, 9.17) is 9.47 Å². The summed E-state index contributed by atoms with van der Waals surface area (Å²) in [6.07, 6.45) is 3.83. The van der Waals surface area contributed by atoms with Gasteiger partial charge >= 0.3 is 0 Å². The van der Waals surface area contributed by atoms with Gasteiger partial charge in [0.25, 0.3) is 17.3 Å². The molecule has 1 N–H and O–H groups in total. The van der Waals surface area contributed by atoms with Crippen molar-refractivity contribution < 1.29 is 27.1 Å². The minimum absolute atomic E-state index is 0.00143. The van der Waals surface area contributed by atoms with Gasteiger partial charge in [0.2, 0.25) is 0 Å². The van der Waals surface area contributed by atoms with Crippen LogP contribution in [0.4, 0.5) is 4.39 Å². The molecule has 0 spiro atoms. The van der Waals surface area contributed by atoms with E-state index < -0.39 is 31.9 Å². The summed E-state index contributed by atoms with van der Waals surface area (Å²) in [6, 6.07) is 5.69. The molecule has 3 aromatic rings. The molecule has 10 nitrogen and oxygen atoms in total. The Hall–Kier alpha value is -3.54. The molecule has 190 valence electrons. The van der Waals surface area contributed by atoms with Crippen LogP contribution in [0.5, 0.6) is 11.6 Å². The lowest BCUT2D eigenvalue weighted by molar-refractivity contribution is 0.0949. The molecule has 1 amide bonds. The van der Waals surface area contributed by atoms with Gasteiger partial charge in [0, 0.05) is 19.0 Å².